The fourth-order valence-electron chi connectivity index (χ4n) is 6.30. The van der Waals surface area contributed by atoms with E-state index in [0.29, 0.717) is 0 Å². The van der Waals surface area contributed by atoms with Crippen LogP contribution in [0.2, 0.25) is 0 Å². The van der Waals surface area contributed by atoms with Gasteiger partial charge in [0.05, 0.1) is 44.1 Å². The highest BCUT2D eigenvalue weighted by molar-refractivity contribution is 5.76. The number of hydrogen-bond acceptors (Lipinski definition) is 15. The van der Waals surface area contributed by atoms with E-state index in [9.17, 15) is 55.5 Å². The molecule has 0 aromatic heterocycles. The lowest BCUT2D eigenvalue weighted by molar-refractivity contribution is -0.339. The predicted octanol–water partition coefficient (Wildman–Crippen LogP) is -1.08. The maximum atomic E-state index is 12.4. The molecule has 0 aromatic rings. The van der Waals surface area contributed by atoms with Gasteiger partial charge in [0.1, 0.15) is 42.7 Å². The number of aliphatic hydroxyl groups excluding tert-OH is 8. The van der Waals surface area contributed by atoms with E-state index in [0.717, 1.165) is 26.2 Å². The Kier molecular flexibility index (Phi) is 21.2. The number of unbranched alkanes of at least 4 members (excludes halogenated alkanes) is 11. The molecule has 2 fully saturated rings. The lowest BCUT2D eigenvalue weighted by Crippen LogP contribution is -2.68. The molecule has 0 aromatic carbocycles. The second-order valence-corrected chi connectivity index (χ2v) is 13.9. The average Bonchev–Trinajstić information content (AvgIpc) is 3.11. The zero-order chi connectivity index (χ0) is 38.8. The Balaban J connectivity index is 1.91. The van der Waals surface area contributed by atoms with E-state index in [1.807, 2.05) is 6.08 Å². The molecule has 1 amide bonds. The normalized spacial score (nSPS) is 32.0. The SMILES string of the molecule is CCCCCCCCCCCCC/C=C/[C@@H](O)[C@@H](N)CO[C@H]1O[C@H](CO[C@]2(C(=O)O)C[C@H](O)[C@@H](NC(C)=O)[C@H]([C@H](O)[C@H](O)CO)O2)[C@@H](O)[C@H](O)[C@@H]1O. The van der Waals surface area contributed by atoms with Gasteiger partial charge in [0.25, 0.3) is 5.79 Å². The highest BCUT2D eigenvalue weighted by atomic mass is 16.7. The van der Waals surface area contributed by atoms with Gasteiger partial charge in [0.15, 0.2) is 6.29 Å². The number of nitrogens with two attached hydrogens (primary N) is 1. The van der Waals surface area contributed by atoms with Crippen LogP contribution in [-0.2, 0) is 28.5 Å². The van der Waals surface area contributed by atoms with Crippen molar-refractivity contribution in [3.8, 4) is 0 Å². The van der Waals surface area contributed by atoms with E-state index in [1.165, 1.54) is 57.8 Å². The summed E-state index contributed by atoms with van der Waals surface area (Å²) in [5.74, 6) is -5.20. The first-order valence-electron chi connectivity index (χ1n) is 18.6. The van der Waals surface area contributed by atoms with Gasteiger partial charge in [-0.25, -0.2) is 4.79 Å². The molecular weight excluding hydrogens is 688 g/mol. The average molecular weight is 753 g/mol. The number of ether oxygens (including phenoxy) is 4. The number of amides is 1. The van der Waals surface area contributed by atoms with Gasteiger partial charge in [-0.2, -0.15) is 0 Å². The van der Waals surface area contributed by atoms with E-state index in [-0.39, 0.29) is 6.61 Å². The van der Waals surface area contributed by atoms with Crippen molar-refractivity contribution in [2.24, 2.45) is 5.73 Å². The third kappa shape index (κ3) is 14.4. The number of aliphatic carboxylic acids is 1. The number of carbonyl (C=O) groups excluding carboxylic acids is 1. The lowest BCUT2D eigenvalue weighted by atomic mass is 9.88. The Bertz CT molecular complexity index is 1060. The Morgan fingerprint density at radius 3 is 2.10 bits per heavy atom. The van der Waals surface area contributed by atoms with Crippen molar-refractivity contribution in [3.63, 3.8) is 0 Å². The summed E-state index contributed by atoms with van der Waals surface area (Å²) in [6, 6.07) is -2.38. The molecule has 0 aliphatic carbocycles. The van der Waals surface area contributed by atoms with Crippen LogP contribution < -0.4 is 11.1 Å². The minimum Gasteiger partial charge on any atom is -0.477 e. The van der Waals surface area contributed by atoms with E-state index in [4.69, 9.17) is 24.7 Å². The molecule has 17 nitrogen and oxygen atoms in total. The third-order valence-corrected chi connectivity index (χ3v) is 9.53. The first-order valence-corrected chi connectivity index (χ1v) is 18.6. The van der Waals surface area contributed by atoms with Gasteiger partial charge in [-0.1, -0.05) is 83.3 Å². The number of allylic oxidation sites excluding steroid dienone is 1. The molecule has 2 aliphatic rings. The number of carboxylic acid groups (broad SMARTS) is 1. The standard InChI is InChI=1S/C35H64N2O15/c1-3-4-5-6-7-8-9-10-11-12-13-14-15-16-23(40)22(36)19-49-33-31(46)30(45)29(44)26(51-33)20-50-35(34(47)48)17-24(41)27(37-21(2)39)32(52-35)28(43)25(42)18-38/h15-16,22-33,38,40-46H,3-14,17-20,36H2,1-2H3,(H,37,39)(H,47,48)/b16-15+/t22-,23+,24-,25+,26+,27+,28+,29+,30-,31-,32+,33-,35+/m0/s1. The Labute approximate surface area is 305 Å². The van der Waals surface area contributed by atoms with E-state index >= 15 is 0 Å². The van der Waals surface area contributed by atoms with Crippen LogP contribution >= 0.6 is 0 Å². The molecule has 304 valence electrons. The molecule has 12 N–H and O–H groups in total. The monoisotopic (exact) mass is 752 g/mol. The van der Waals surface area contributed by atoms with Crippen LogP contribution in [0.15, 0.2) is 12.2 Å². The minimum absolute atomic E-state index is 0.340. The summed E-state index contributed by atoms with van der Waals surface area (Å²) in [7, 11) is 0. The van der Waals surface area contributed by atoms with Gasteiger partial charge < -0.3 is 76.0 Å². The predicted molar refractivity (Wildman–Crippen MR) is 185 cm³/mol. The Hall–Kier alpha value is -1.84. The van der Waals surface area contributed by atoms with Crippen LogP contribution in [0.5, 0.6) is 0 Å². The molecule has 0 spiro atoms. The molecule has 0 saturated carbocycles. The maximum Gasteiger partial charge on any atom is 0.364 e. The molecule has 13 atom stereocenters. The van der Waals surface area contributed by atoms with Crippen LogP contribution in [-0.4, -0.2) is 157 Å². The number of nitrogens with one attached hydrogen (secondary N) is 1. The van der Waals surface area contributed by atoms with E-state index in [2.05, 4.69) is 12.2 Å². The van der Waals surface area contributed by atoms with Crippen LogP contribution in [0.25, 0.3) is 0 Å². The molecular formula is C35H64N2O15. The number of carbonyl (C=O) groups is 2. The molecule has 2 aliphatic heterocycles. The minimum atomic E-state index is -2.73. The zero-order valence-electron chi connectivity index (χ0n) is 30.4. The van der Waals surface area contributed by atoms with Gasteiger partial charge >= 0.3 is 5.97 Å². The molecule has 2 rings (SSSR count). The summed E-state index contributed by atoms with van der Waals surface area (Å²) >= 11 is 0. The summed E-state index contributed by atoms with van der Waals surface area (Å²) in [5, 5.41) is 95.2. The van der Waals surface area contributed by atoms with Crippen molar-refractivity contribution < 1.29 is 74.5 Å². The molecule has 0 unspecified atom stereocenters. The molecule has 0 radical (unpaired) electrons. The molecule has 2 heterocycles. The number of rotatable bonds is 25. The fraction of sp³-hybridized carbons (Fsp3) is 0.886. The van der Waals surface area contributed by atoms with Crippen molar-refractivity contribution in [1.29, 1.82) is 0 Å². The van der Waals surface area contributed by atoms with Gasteiger partial charge in [-0.15, -0.1) is 0 Å². The second kappa shape index (κ2) is 23.8. The molecule has 52 heavy (non-hydrogen) atoms. The first kappa shape index (κ1) is 46.3. The maximum absolute atomic E-state index is 12.4. The van der Waals surface area contributed by atoms with Gasteiger partial charge in [0, 0.05) is 13.3 Å². The van der Waals surface area contributed by atoms with Crippen molar-refractivity contribution in [2.75, 3.05) is 19.8 Å². The lowest BCUT2D eigenvalue weighted by Gasteiger charge is -2.47. The highest BCUT2D eigenvalue weighted by Gasteiger charge is 2.56. The second-order valence-electron chi connectivity index (χ2n) is 13.9. The summed E-state index contributed by atoms with van der Waals surface area (Å²) in [5.41, 5.74) is 6.07. The number of hydrogen-bond donors (Lipinski definition) is 11. The smallest absolute Gasteiger partial charge is 0.364 e. The van der Waals surface area contributed by atoms with Gasteiger partial charge in [-0.3, -0.25) is 4.79 Å². The Morgan fingerprint density at radius 2 is 1.54 bits per heavy atom. The number of aliphatic hydroxyl groups is 8. The largest absolute Gasteiger partial charge is 0.477 e. The van der Waals surface area contributed by atoms with Gasteiger partial charge in [-0.05, 0) is 12.8 Å². The van der Waals surface area contributed by atoms with Crippen LogP contribution in [0, 0.1) is 0 Å². The van der Waals surface area contributed by atoms with E-state index in [1.54, 1.807) is 6.08 Å². The van der Waals surface area contributed by atoms with Crippen molar-refractivity contribution >= 4 is 11.9 Å². The third-order valence-electron chi connectivity index (χ3n) is 9.53. The van der Waals surface area contributed by atoms with Crippen molar-refractivity contribution in [2.45, 2.75) is 176 Å². The van der Waals surface area contributed by atoms with E-state index < -0.39 is 111 Å². The van der Waals surface area contributed by atoms with Crippen LogP contribution in [0.3, 0.4) is 0 Å². The topological polar surface area (TPSA) is 291 Å². The van der Waals surface area contributed by atoms with Crippen molar-refractivity contribution in [3.05, 3.63) is 12.2 Å². The quantitative estimate of drug-likeness (QED) is 0.0391. The zero-order valence-corrected chi connectivity index (χ0v) is 30.4. The highest BCUT2D eigenvalue weighted by Crippen LogP contribution is 2.35. The van der Waals surface area contributed by atoms with Crippen LogP contribution in [0.1, 0.15) is 97.3 Å². The first-order chi connectivity index (χ1) is 24.7. The molecule has 2 saturated heterocycles. The summed E-state index contributed by atoms with van der Waals surface area (Å²) < 4.78 is 22.2. The molecule has 0 bridgehead atoms. The molecule has 17 heteroatoms. The van der Waals surface area contributed by atoms with Crippen molar-refractivity contribution in [1.82, 2.24) is 5.32 Å². The summed E-state index contributed by atoms with van der Waals surface area (Å²) in [4.78, 5) is 24.2. The van der Waals surface area contributed by atoms with Gasteiger partial charge in [0.2, 0.25) is 5.91 Å². The Morgan fingerprint density at radius 1 is 0.942 bits per heavy atom. The summed E-state index contributed by atoms with van der Waals surface area (Å²) in [6.07, 6.45) is -0.156. The number of carboxylic acids is 1. The van der Waals surface area contributed by atoms with Crippen LogP contribution in [0.4, 0.5) is 0 Å². The fourth-order valence-corrected chi connectivity index (χ4v) is 6.30. The summed E-state index contributed by atoms with van der Waals surface area (Å²) in [6.45, 7) is 1.18.